The van der Waals surface area contributed by atoms with Crippen LogP contribution in [0.3, 0.4) is 0 Å². The lowest BCUT2D eigenvalue weighted by atomic mass is 10.0. The summed E-state index contributed by atoms with van der Waals surface area (Å²) in [5.74, 6) is 1.37. The Morgan fingerprint density at radius 3 is 2.57 bits per heavy atom. The zero-order valence-electron chi connectivity index (χ0n) is 13.0. The van der Waals surface area contributed by atoms with Crippen LogP contribution in [0.25, 0.3) is 0 Å². The first-order valence-corrected chi connectivity index (χ1v) is 7.43. The number of hydrogen-bond acceptors (Lipinski definition) is 4. The van der Waals surface area contributed by atoms with E-state index >= 15 is 0 Å². The Morgan fingerprint density at radius 2 is 1.95 bits per heavy atom. The van der Waals surface area contributed by atoms with Crippen LogP contribution in [0.1, 0.15) is 25.3 Å². The predicted octanol–water partition coefficient (Wildman–Crippen LogP) is 2.34. The van der Waals surface area contributed by atoms with Crippen LogP contribution in [0.2, 0.25) is 0 Å². The van der Waals surface area contributed by atoms with E-state index in [1.807, 2.05) is 12.1 Å². The molecule has 118 valence electrons. The highest BCUT2D eigenvalue weighted by atomic mass is 16.5. The number of rotatable bonds is 11. The van der Waals surface area contributed by atoms with E-state index in [0.29, 0.717) is 38.8 Å². The van der Waals surface area contributed by atoms with Crippen molar-refractivity contribution in [2.24, 2.45) is 0 Å². The highest BCUT2D eigenvalue weighted by molar-refractivity contribution is 5.28. The molecule has 1 atom stereocenters. The Morgan fingerprint density at radius 1 is 1.24 bits per heavy atom. The number of hydrogen-bond donors (Lipinski definition) is 2. The van der Waals surface area contributed by atoms with E-state index in [1.54, 1.807) is 6.08 Å². The van der Waals surface area contributed by atoms with Crippen molar-refractivity contribution in [2.45, 2.75) is 25.9 Å². The third-order valence-corrected chi connectivity index (χ3v) is 3.02. The predicted molar refractivity (Wildman–Crippen MR) is 85.9 cm³/mol. The summed E-state index contributed by atoms with van der Waals surface area (Å²) in [5.41, 5.74) is 1.30. The maximum absolute atomic E-state index is 9.61. The summed E-state index contributed by atoms with van der Waals surface area (Å²) in [4.78, 5) is 0. The molecule has 0 saturated heterocycles. The average Bonchev–Trinajstić information content (AvgIpc) is 2.47. The van der Waals surface area contributed by atoms with Gasteiger partial charge in [0.1, 0.15) is 12.4 Å². The van der Waals surface area contributed by atoms with Crippen molar-refractivity contribution in [3.63, 3.8) is 0 Å². The van der Waals surface area contributed by atoms with Gasteiger partial charge < -0.3 is 19.9 Å². The normalized spacial score (nSPS) is 12.4. The fourth-order valence-electron chi connectivity index (χ4n) is 1.80. The van der Waals surface area contributed by atoms with Crippen LogP contribution in [-0.2, 0) is 4.74 Å². The van der Waals surface area contributed by atoms with Crippen molar-refractivity contribution in [2.75, 3.05) is 32.9 Å². The first-order valence-electron chi connectivity index (χ1n) is 7.43. The van der Waals surface area contributed by atoms with Gasteiger partial charge in [-0.2, -0.15) is 0 Å². The zero-order valence-corrected chi connectivity index (χ0v) is 13.0. The molecule has 0 aromatic heterocycles. The largest absolute Gasteiger partial charge is 0.491 e. The lowest BCUT2D eigenvalue weighted by Gasteiger charge is -2.12. The second kappa shape index (κ2) is 10.4. The molecular formula is C17H27NO3. The minimum Gasteiger partial charge on any atom is -0.491 e. The second-order valence-corrected chi connectivity index (χ2v) is 5.25. The number of aliphatic hydroxyl groups is 1. The molecular weight excluding hydrogens is 266 g/mol. The van der Waals surface area contributed by atoms with Crippen molar-refractivity contribution < 1.29 is 14.6 Å². The third kappa shape index (κ3) is 7.85. The molecule has 0 radical (unpaired) electrons. The summed E-state index contributed by atoms with van der Waals surface area (Å²) in [6, 6.07) is 8.11. The van der Waals surface area contributed by atoms with Gasteiger partial charge in [-0.15, -0.1) is 6.58 Å². The Kier molecular flexibility index (Phi) is 8.74. The molecule has 2 N–H and O–H groups in total. The van der Waals surface area contributed by atoms with Crippen LogP contribution in [0.15, 0.2) is 36.9 Å². The lowest BCUT2D eigenvalue weighted by molar-refractivity contribution is 0.0255. The lowest BCUT2D eigenvalue weighted by Crippen LogP contribution is -2.30. The summed E-state index contributed by atoms with van der Waals surface area (Å²) in [6.45, 7) is 10.4. The first-order chi connectivity index (χ1) is 10.1. The Labute approximate surface area is 127 Å². The third-order valence-electron chi connectivity index (χ3n) is 3.02. The van der Waals surface area contributed by atoms with E-state index < -0.39 is 6.10 Å². The molecule has 4 heteroatoms. The summed E-state index contributed by atoms with van der Waals surface area (Å²) < 4.78 is 11.0. The topological polar surface area (TPSA) is 50.7 Å². The van der Waals surface area contributed by atoms with Gasteiger partial charge in [0, 0.05) is 13.1 Å². The average molecular weight is 293 g/mol. The van der Waals surface area contributed by atoms with E-state index in [-0.39, 0.29) is 0 Å². The smallest absolute Gasteiger partial charge is 0.119 e. The molecule has 21 heavy (non-hydrogen) atoms. The summed E-state index contributed by atoms with van der Waals surface area (Å²) in [5, 5.41) is 12.6. The minimum atomic E-state index is -0.504. The van der Waals surface area contributed by atoms with Crippen molar-refractivity contribution in [1.82, 2.24) is 5.32 Å². The summed E-state index contributed by atoms with van der Waals surface area (Å²) in [6.07, 6.45) is 1.25. The van der Waals surface area contributed by atoms with Crippen molar-refractivity contribution in [3.8, 4) is 5.75 Å². The molecule has 1 rings (SSSR count). The quantitative estimate of drug-likeness (QED) is 0.486. The number of nitrogens with one attached hydrogen (secondary N) is 1. The number of ether oxygens (including phenoxy) is 2. The van der Waals surface area contributed by atoms with Crippen LogP contribution >= 0.6 is 0 Å². The molecule has 0 aliphatic rings. The Bertz CT molecular complexity index is 390. The molecule has 0 spiro atoms. The van der Waals surface area contributed by atoms with E-state index in [9.17, 15) is 5.11 Å². The zero-order chi connectivity index (χ0) is 15.5. The molecule has 0 fully saturated rings. The van der Waals surface area contributed by atoms with Gasteiger partial charge in [-0.3, -0.25) is 0 Å². The molecule has 0 saturated carbocycles. The van der Waals surface area contributed by atoms with E-state index in [0.717, 1.165) is 5.75 Å². The summed E-state index contributed by atoms with van der Waals surface area (Å²) >= 11 is 0. The molecule has 4 nitrogen and oxygen atoms in total. The van der Waals surface area contributed by atoms with Crippen LogP contribution in [0.5, 0.6) is 5.75 Å². The molecule has 1 aromatic rings. The fraction of sp³-hybridized carbons (Fsp3) is 0.529. The minimum absolute atomic E-state index is 0.305. The molecule has 0 bridgehead atoms. The standard InChI is InChI=1S/C17H27NO3/c1-4-9-18-12-16(19)13-20-10-11-21-17-7-5-15(6-8-17)14(2)3/h4-8,14,16,18-19H,1,9-13H2,2-3H3. The molecule has 0 aliphatic heterocycles. The van der Waals surface area contributed by atoms with Gasteiger partial charge in [0.2, 0.25) is 0 Å². The van der Waals surface area contributed by atoms with E-state index in [1.165, 1.54) is 5.56 Å². The molecule has 0 amide bonds. The highest BCUT2D eigenvalue weighted by Gasteiger charge is 2.03. The Hall–Kier alpha value is -1.36. The molecule has 1 aromatic carbocycles. The maximum atomic E-state index is 9.61. The van der Waals surface area contributed by atoms with Crippen LogP contribution in [-0.4, -0.2) is 44.1 Å². The van der Waals surface area contributed by atoms with Crippen LogP contribution in [0.4, 0.5) is 0 Å². The van der Waals surface area contributed by atoms with Crippen LogP contribution < -0.4 is 10.1 Å². The van der Waals surface area contributed by atoms with Gasteiger partial charge in [0.15, 0.2) is 0 Å². The fourth-order valence-corrected chi connectivity index (χ4v) is 1.80. The van der Waals surface area contributed by atoms with Gasteiger partial charge >= 0.3 is 0 Å². The first kappa shape index (κ1) is 17.7. The Balaban J connectivity index is 2.09. The van der Waals surface area contributed by atoms with Gasteiger partial charge in [-0.05, 0) is 23.6 Å². The second-order valence-electron chi connectivity index (χ2n) is 5.25. The number of aliphatic hydroxyl groups excluding tert-OH is 1. The maximum Gasteiger partial charge on any atom is 0.119 e. The number of benzene rings is 1. The monoisotopic (exact) mass is 293 g/mol. The van der Waals surface area contributed by atoms with Gasteiger partial charge in [-0.25, -0.2) is 0 Å². The van der Waals surface area contributed by atoms with Gasteiger partial charge in [-0.1, -0.05) is 32.1 Å². The van der Waals surface area contributed by atoms with E-state index in [4.69, 9.17) is 9.47 Å². The van der Waals surface area contributed by atoms with Crippen LogP contribution in [0, 0.1) is 0 Å². The van der Waals surface area contributed by atoms with Gasteiger partial charge in [0.25, 0.3) is 0 Å². The molecule has 1 unspecified atom stereocenters. The van der Waals surface area contributed by atoms with Crippen molar-refractivity contribution in [1.29, 1.82) is 0 Å². The van der Waals surface area contributed by atoms with Crippen molar-refractivity contribution in [3.05, 3.63) is 42.5 Å². The highest BCUT2D eigenvalue weighted by Crippen LogP contribution is 2.18. The van der Waals surface area contributed by atoms with E-state index in [2.05, 4.69) is 37.9 Å². The van der Waals surface area contributed by atoms with Crippen molar-refractivity contribution >= 4 is 0 Å². The summed E-state index contributed by atoms with van der Waals surface area (Å²) in [7, 11) is 0. The molecule has 0 heterocycles. The molecule has 0 aliphatic carbocycles. The van der Waals surface area contributed by atoms with Gasteiger partial charge in [0.05, 0.1) is 19.3 Å². The SMILES string of the molecule is C=CCNCC(O)COCCOc1ccc(C(C)C)cc1.